The predicted octanol–water partition coefficient (Wildman–Crippen LogP) is 3.25. The van der Waals surface area contributed by atoms with E-state index in [1.165, 1.54) is 17.7 Å². The molecule has 0 aliphatic carbocycles. The Morgan fingerprint density at radius 3 is 2.93 bits per heavy atom. The van der Waals surface area contributed by atoms with Gasteiger partial charge in [0.1, 0.15) is 5.82 Å². The summed E-state index contributed by atoms with van der Waals surface area (Å²) in [5.41, 5.74) is 2.23. The van der Waals surface area contributed by atoms with Gasteiger partial charge in [0.05, 0.1) is 5.02 Å². The Balaban J connectivity index is 2.22. The van der Waals surface area contributed by atoms with E-state index in [-0.39, 0.29) is 5.82 Å². The molecule has 1 saturated heterocycles. The molecule has 0 bridgehead atoms. The summed E-state index contributed by atoms with van der Waals surface area (Å²) in [6.45, 7) is 1.99. The molecule has 0 amide bonds. The zero-order valence-electron chi connectivity index (χ0n) is 8.39. The minimum absolute atomic E-state index is 0.288. The molecular weight excluding hydrogens is 213 g/mol. The largest absolute Gasteiger partial charge is 0.313 e. The lowest BCUT2D eigenvalue weighted by Gasteiger charge is -2.15. The van der Waals surface area contributed by atoms with Crippen LogP contribution < -0.4 is 5.32 Å². The zero-order chi connectivity index (χ0) is 10.7. The van der Waals surface area contributed by atoms with Crippen LogP contribution in [0.5, 0.6) is 0 Å². The maximum atomic E-state index is 12.8. The van der Waals surface area contributed by atoms with Crippen LogP contribution in [-0.4, -0.2) is 13.1 Å². The smallest absolute Gasteiger partial charge is 0.124 e. The molecular formula is C12H13ClFN. The molecule has 1 fully saturated rings. The van der Waals surface area contributed by atoms with E-state index in [1.54, 1.807) is 6.07 Å². The fraction of sp³-hybridized carbons (Fsp3) is 0.333. The lowest BCUT2D eigenvalue weighted by atomic mass is 10.0. The Morgan fingerprint density at radius 1 is 1.40 bits per heavy atom. The summed E-state index contributed by atoms with van der Waals surface area (Å²) in [6.07, 6.45) is 4.30. The van der Waals surface area contributed by atoms with Gasteiger partial charge in [-0.15, -0.1) is 0 Å². The highest BCUT2D eigenvalue weighted by atomic mass is 35.5. The van der Waals surface area contributed by atoms with Crippen LogP contribution in [0.4, 0.5) is 4.39 Å². The summed E-state index contributed by atoms with van der Waals surface area (Å²) in [7, 11) is 0. The molecule has 0 radical (unpaired) electrons. The molecule has 1 heterocycles. The first-order valence-corrected chi connectivity index (χ1v) is 5.49. The molecule has 1 aromatic rings. The summed E-state index contributed by atoms with van der Waals surface area (Å²) in [5, 5.41) is 3.78. The Hall–Kier alpha value is -0.860. The fourth-order valence-electron chi connectivity index (χ4n) is 1.74. The van der Waals surface area contributed by atoms with Gasteiger partial charge in [-0.1, -0.05) is 29.3 Å². The van der Waals surface area contributed by atoms with Crippen molar-refractivity contribution in [1.82, 2.24) is 5.32 Å². The lowest BCUT2D eigenvalue weighted by Crippen LogP contribution is -2.23. The zero-order valence-corrected chi connectivity index (χ0v) is 9.15. The molecule has 0 atom stereocenters. The Kier molecular flexibility index (Phi) is 3.39. The quantitative estimate of drug-likeness (QED) is 0.774. The molecule has 0 unspecified atom stereocenters. The highest BCUT2D eigenvalue weighted by molar-refractivity contribution is 6.32. The van der Waals surface area contributed by atoms with Gasteiger partial charge in [0.25, 0.3) is 0 Å². The van der Waals surface area contributed by atoms with Crippen LogP contribution in [0, 0.1) is 5.82 Å². The van der Waals surface area contributed by atoms with Gasteiger partial charge in [-0.2, -0.15) is 0 Å². The first-order valence-electron chi connectivity index (χ1n) is 5.11. The summed E-state index contributed by atoms with van der Waals surface area (Å²) in [6, 6.07) is 4.51. The molecule has 2 rings (SSSR count). The Labute approximate surface area is 93.9 Å². The van der Waals surface area contributed by atoms with Gasteiger partial charge >= 0.3 is 0 Å². The van der Waals surface area contributed by atoms with Gasteiger partial charge < -0.3 is 5.32 Å². The van der Waals surface area contributed by atoms with Crippen molar-refractivity contribution < 1.29 is 4.39 Å². The fourth-order valence-corrected chi connectivity index (χ4v) is 1.96. The van der Waals surface area contributed by atoms with Crippen molar-refractivity contribution in [2.75, 3.05) is 13.1 Å². The second kappa shape index (κ2) is 4.77. The Bertz CT molecular complexity index is 379. The third-order valence-corrected chi connectivity index (χ3v) is 2.85. The number of piperidine rings is 1. The number of nitrogens with one attached hydrogen (secondary N) is 1. The molecule has 3 heteroatoms. The molecule has 1 aromatic carbocycles. The standard InChI is InChI=1S/C12H13ClFN/c13-12-7-11(14)4-3-10(12)6-9-2-1-5-15-8-9/h3-4,6-7,15H,1-2,5,8H2. The number of rotatable bonds is 1. The van der Waals surface area contributed by atoms with Gasteiger partial charge in [0.2, 0.25) is 0 Å². The third kappa shape index (κ3) is 2.80. The number of benzene rings is 1. The van der Waals surface area contributed by atoms with Crippen LogP contribution in [0.3, 0.4) is 0 Å². The number of halogens is 2. The second-order valence-electron chi connectivity index (χ2n) is 3.75. The predicted molar refractivity (Wildman–Crippen MR) is 61.5 cm³/mol. The monoisotopic (exact) mass is 225 g/mol. The van der Waals surface area contributed by atoms with Crippen LogP contribution in [0.15, 0.2) is 23.8 Å². The van der Waals surface area contributed by atoms with Gasteiger partial charge in [0.15, 0.2) is 0 Å². The third-order valence-electron chi connectivity index (χ3n) is 2.53. The molecule has 1 nitrogen and oxygen atoms in total. The summed E-state index contributed by atoms with van der Waals surface area (Å²) in [4.78, 5) is 0. The maximum absolute atomic E-state index is 12.8. The minimum Gasteiger partial charge on any atom is -0.313 e. The topological polar surface area (TPSA) is 12.0 Å². The molecule has 15 heavy (non-hydrogen) atoms. The van der Waals surface area contributed by atoms with Gasteiger partial charge in [-0.25, -0.2) is 4.39 Å². The molecule has 80 valence electrons. The summed E-state index contributed by atoms with van der Waals surface area (Å²) in [5.74, 6) is -0.288. The molecule has 1 aliphatic rings. The SMILES string of the molecule is Fc1ccc(C=C2CCCNC2)c(Cl)c1. The normalized spacial score (nSPS) is 19.5. The van der Waals surface area contributed by atoms with Crippen molar-refractivity contribution in [2.45, 2.75) is 12.8 Å². The van der Waals surface area contributed by atoms with Crippen LogP contribution in [-0.2, 0) is 0 Å². The molecule has 0 saturated carbocycles. The van der Waals surface area contributed by atoms with E-state index in [4.69, 9.17) is 11.6 Å². The highest BCUT2D eigenvalue weighted by Crippen LogP contribution is 2.21. The maximum Gasteiger partial charge on any atom is 0.124 e. The van der Waals surface area contributed by atoms with Gasteiger partial charge in [-0.05, 0) is 37.1 Å². The van der Waals surface area contributed by atoms with Crippen molar-refractivity contribution in [3.05, 3.63) is 40.2 Å². The molecule has 1 N–H and O–H groups in total. The van der Waals surface area contributed by atoms with Crippen molar-refractivity contribution >= 4 is 17.7 Å². The van der Waals surface area contributed by atoms with E-state index in [1.807, 2.05) is 6.08 Å². The minimum atomic E-state index is -0.288. The number of hydrogen-bond acceptors (Lipinski definition) is 1. The van der Waals surface area contributed by atoms with E-state index >= 15 is 0 Å². The van der Waals surface area contributed by atoms with Crippen LogP contribution in [0.25, 0.3) is 6.08 Å². The van der Waals surface area contributed by atoms with Crippen molar-refractivity contribution in [3.8, 4) is 0 Å². The average molecular weight is 226 g/mol. The van der Waals surface area contributed by atoms with E-state index in [0.29, 0.717) is 5.02 Å². The van der Waals surface area contributed by atoms with Gasteiger partial charge in [-0.3, -0.25) is 0 Å². The summed E-state index contributed by atoms with van der Waals surface area (Å²) >= 11 is 5.94. The van der Waals surface area contributed by atoms with E-state index in [9.17, 15) is 4.39 Å². The van der Waals surface area contributed by atoms with Crippen molar-refractivity contribution in [3.63, 3.8) is 0 Å². The van der Waals surface area contributed by atoms with E-state index in [2.05, 4.69) is 5.32 Å². The first kappa shape index (κ1) is 10.7. The van der Waals surface area contributed by atoms with Crippen LogP contribution in [0.2, 0.25) is 5.02 Å². The van der Waals surface area contributed by atoms with Crippen LogP contribution in [0.1, 0.15) is 18.4 Å². The number of hydrogen-bond donors (Lipinski definition) is 1. The second-order valence-corrected chi connectivity index (χ2v) is 4.16. The van der Waals surface area contributed by atoms with Gasteiger partial charge in [0, 0.05) is 6.54 Å². The van der Waals surface area contributed by atoms with Crippen molar-refractivity contribution in [2.24, 2.45) is 0 Å². The lowest BCUT2D eigenvalue weighted by molar-refractivity contribution is 0.613. The van der Waals surface area contributed by atoms with E-state index < -0.39 is 0 Å². The molecule has 1 aliphatic heterocycles. The van der Waals surface area contributed by atoms with Crippen molar-refractivity contribution in [1.29, 1.82) is 0 Å². The average Bonchev–Trinajstić information content (AvgIpc) is 2.24. The molecule has 0 aromatic heterocycles. The highest BCUT2D eigenvalue weighted by Gasteiger charge is 2.06. The van der Waals surface area contributed by atoms with Crippen LogP contribution >= 0.6 is 11.6 Å². The molecule has 0 spiro atoms. The summed E-state index contributed by atoms with van der Waals surface area (Å²) < 4.78 is 12.8. The Morgan fingerprint density at radius 2 is 2.27 bits per heavy atom. The van der Waals surface area contributed by atoms with E-state index in [0.717, 1.165) is 31.5 Å². The first-order chi connectivity index (χ1) is 7.25.